The average molecular weight is 377 g/mol. The summed E-state index contributed by atoms with van der Waals surface area (Å²) in [6.07, 6.45) is -3.26. The summed E-state index contributed by atoms with van der Waals surface area (Å²) in [4.78, 5) is 14.4. The van der Waals surface area contributed by atoms with E-state index in [-0.39, 0.29) is 11.7 Å². The molecule has 2 saturated heterocycles. The minimum absolute atomic E-state index is 0.103. The smallest absolute Gasteiger partial charge is 0.573 e. The van der Waals surface area contributed by atoms with Crippen LogP contribution in [0.3, 0.4) is 0 Å². The number of carbonyl (C=O) groups excluding carboxylic acids is 1. The van der Waals surface area contributed by atoms with Crippen LogP contribution in [0.15, 0.2) is 24.3 Å². The maximum absolute atomic E-state index is 12.8. The Morgan fingerprint density at radius 3 is 2.16 bits per heavy atom. The summed E-state index contributed by atoms with van der Waals surface area (Å²) in [5.41, 5.74) is -0.0805. The van der Waals surface area contributed by atoms with Crippen molar-refractivity contribution in [2.24, 2.45) is 5.41 Å². The maximum atomic E-state index is 12.8. The lowest BCUT2D eigenvalue weighted by Crippen LogP contribution is -2.45. The number of ether oxygens (including phenoxy) is 1. The van der Waals surface area contributed by atoms with E-state index >= 15 is 0 Å². The van der Waals surface area contributed by atoms with Gasteiger partial charge in [0, 0.05) is 36.6 Å². The second kappa shape index (κ2) is 6.58. The van der Waals surface area contributed by atoms with Gasteiger partial charge in [0.15, 0.2) is 0 Å². The zero-order valence-corrected chi connectivity index (χ0v) is 13.9. The van der Waals surface area contributed by atoms with Crippen LogP contribution >= 0.6 is 0 Å². The Hall–Kier alpha value is -1.65. The minimum Gasteiger partial charge on any atom is -0.760 e. The van der Waals surface area contributed by atoms with Crippen LogP contribution < -0.4 is 9.64 Å². The van der Waals surface area contributed by atoms with Crippen molar-refractivity contribution in [3.63, 3.8) is 0 Å². The van der Waals surface area contributed by atoms with Gasteiger partial charge in [-0.15, -0.1) is 13.2 Å². The van der Waals surface area contributed by atoms with E-state index in [0.29, 0.717) is 44.6 Å². The largest absolute Gasteiger partial charge is 0.760 e. The van der Waals surface area contributed by atoms with E-state index in [1.807, 2.05) is 0 Å². The number of amides is 1. The van der Waals surface area contributed by atoms with Gasteiger partial charge in [-0.3, -0.25) is 9.00 Å². The molecule has 6 nitrogen and oxygen atoms in total. The molecule has 1 aromatic carbocycles. The molecule has 0 bridgehead atoms. The highest BCUT2D eigenvalue weighted by Crippen LogP contribution is 2.43. The molecule has 0 N–H and O–H groups in total. The first-order valence-corrected chi connectivity index (χ1v) is 8.75. The van der Waals surface area contributed by atoms with Crippen molar-refractivity contribution in [2.75, 3.05) is 24.5 Å². The normalized spacial score (nSPS) is 22.4. The molecule has 1 unspecified atom stereocenters. The van der Waals surface area contributed by atoms with Crippen LogP contribution in [0.25, 0.3) is 0 Å². The molecule has 1 amide bonds. The van der Waals surface area contributed by atoms with Crippen LogP contribution in [0.4, 0.5) is 18.9 Å². The molecule has 1 spiro atoms. The monoisotopic (exact) mass is 377 g/mol. The summed E-state index contributed by atoms with van der Waals surface area (Å²) >= 11 is -2.28. The van der Waals surface area contributed by atoms with Crippen molar-refractivity contribution in [3.05, 3.63) is 24.3 Å². The number of nitrogens with zero attached hydrogens (tertiary/aromatic N) is 2. The number of piperidine rings is 1. The lowest BCUT2D eigenvalue weighted by atomic mass is 9.77. The van der Waals surface area contributed by atoms with Crippen LogP contribution in [-0.2, 0) is 16.1 Å². The molecule has 25 heavy (non-hydrogen) atoms. The molecule has 1 atom stereocenters. The number of anilines is 1. The van der Waals surface area contributed by atoms with Gasteiger partial charge in [-0.25, -0.2) is 4.31 Å². The molecule has 138 valence electrons. The van der Waals surface area contributed by atoms with Gasteiger partial charge in [-0.05, 0) is 43.5 Å². The van der Waals surface area contributed by atoms with Gasteiger partial charge in [0.25, 0.3) is 0 Å². The Bertz CT molecular complexity index is 672. The summed E-state index contributed by atoms with van der Waals surface area (Å²) in [7, 11) is 0. The van der Waals surface area contributed by atoms with Gasteiger partial charge in [-0.2, -0.15) is 0 Å². The van der Waals surface area contributed by atoms with Gasteiger partial charge in [0.05, 0.1) is 5.41 Å². The molecule has 0 aliphatic carbocycles. The first-order valence-electron chi connectivity index (χ1n) is 7.72. The predicted octanol–water partition coefficient (Wildman–Crippen LogP) is 2.20. The molecule has 2 fully saturated rings. The molecular formula is C15H16F3N2O4S-. The highest BCUT2D eigenvalue weighted by atomic mass is 32.2. The van der Waals surface area contributed by atoms with E-state index in [9.17, 15) is 26.7 Å². The lowest BCUT2D eigenvalue weighted by molar-refractivity contribution is -0.274. The van der Waals surface area contributed by atoms with Gasteiger partial charge < -0.3 is 14.2 Å². The second-order valence-corrected chi connectivity index (χ2v) is 7.13. The highest BCUT2D eigenvalue weighted by molar-refractivity contribution is 7.76. The molecule has 3 rings (SSSR count). The van der Waals surface area contributed by atoms with Crippen LogP contribution in [-0.4, -0.2) is 45.0 Å². The Kier molecular flexibility index (Phi) is 4.78. The third-order valence-corrected chi connectivity index (χ3v) is 5.57. The fourth-order valence-electron chi connectivity index (χ4n) is 3.42. The highest BCUT2D eigenvalue weighted by Gasteiger charge is 2.48. The number of halogens is 3. The van der Waals surface area contributed by atoms with Crippen molar-refractivity contribution < 1.29 is 31.5 Å². The summed E-state index contributed by atoms with van der Waals surface area (Å²) in [6, 6.07) is 5.17. The fraction of sp³-hybridized carbons (Fsp3) is 0.533. The van der Waals surface area contributed by atoms with Gasteiger partial charge in [0.2, 0.25) is 5.91 Å². The Morgan fingerprint density at radius 1 is 1.08 bits per heavy atom. The zero-order valence-electron chi connectivity index (χ0n) is 13.1. The quantitative estimate of drug-likeness (QED) is 0.757. The molecule has 0 aromatic heterocycles. The SMILES string of the molecule is O=C1N(c2ccc(OC(F)(F)F)cc2)CCC12CCN(S(=O)[O-])CC2. The van der Waals surface area contributed by atoms with Crippen LogP contribution in [0.1, 0.15) is 19.3 Å². The molecule has 2 aliphatic heterocycles. The molecular weight excluding hydrogens is 361 g/mol. The van der Waals surface area contributed by atoms with Gasteiger partial charge in [0.1, 0.15) is 5.75 Å². The molecule has 2 aliphatic rings. The topological polar surface area (TPSA) is 72.9 Å². The van der Waals surface area contributed by atoms with Crippen molar-refractivity contribution in [1.82, 2.24) is 4.31 Å². The van der Waals surface area contributed by atoms with Crippen LogP contribution in [0, 0.1) is 5.41 Å². The predicted molar refractivity (Wildman–Crippen MR) is 82.3 cm³/mol. The number of hydrogen-bond acceptors (Lipinski definition) is 4. The van der Waals surface area contributed by atoms with Crippen LogP contribution in [0.5, 0.6) is 5.75 Å². The number of carbonyl (C=O) groups is 1. The molecule has 0 saturated carbocycles. The molecule has 2 heterocycles. The molecule has 10 heteroatoms. The summed E-state index contributed by atoms with van der Waals surface area (Å²) < 4.78 is 63.7. The summed E-state index contributed by atoms with van der Waals surface area (Å²) in [6.45, 7) is 1.06. The Balaban J connectivity index is 1.69. The number of hydrogen-bond donors (Lipinski definition) is 0. The number of rotatable bonds is 3. The lowest BCUT2D eigenvalue weighted by Gasteiger charge is -2.38. The van der Waals surface area contributed by atoms with Crippen molar-refractivity contribution in [2.45, 2.75) is 25.6 Å². The molecule has 0 radical (unpaired) electrons. The maximum Gasteiger partial charge on any atom is 0.573 e. The first kappa shape index (κ1) is 18.2. The third-order valence-electron chi connectivity index (χ3n) is 4.79. The van der Waals surface area contributed by atoms with Crippen molar-refractivity contribution in [3.8, 4) is 5.75 Å². The van der Waals surface area contributed by atoms with Crippen molar-refractivity contribution >= 4 is 22.9 Å². The van der Waals surface area contributed by atoms with Gasteiger partial charge in [-0.1, -0.05) is 0 Å². The summed E-state index contributed by atoms with van der Waals surface area (Å²) in [5, 5.41) is 0. The van der Waals surface area contributed by atoms with E-state index in [0.717, 1.165) is 0 Å². The Morgan fingerprint density at radius 2 is 1.64 bits per heavy atom. The van der Waals surface area contributed by atoms with E-state index in [1.54, 1.807) is 4.90 Å². The number of benzene rings is 1. The fourth-order valence-corrected chi connectivity index (χ4v) is 3.90. The van der Waals surface area contributed by atoms with E-state index < -0.39 is 23.0 Å². The van der Waals surface area contributed by atoms with E-state index in [1.165, 1.54) is 28.6 Å². The van der Waals surface area contributed by atoms with Gasteiger partial charge >= 0.3 is 6.36 Å². The zero-order chi connectivity index (χ0) is 18.2. The van der Waals surface area contributed by atoms with E-state index in [4.69, 9.17) is 0 Å². The number of alkyl halides is 3. The molecule has 1 aromatic rings. The third kappa shape index (κ3) is 3.80. The minimum atomic E-state index is -4.76. The van der Waals surface area contributed by atoms with E-state index in [2.05, 4.69) is 4.74 Å². The summed E-state index contributed by atoms with van der Waals surface area (Å²) in [5.74, 6) is -0.447. The first-order chi connectivity index (χ1) is 11.7. The Labute approximate surface area is 145 Å². The second-order valence-electron chi connectivity index (χ2n) is 6.17. The van der Waals surface area contributed by atoms with Crippen LogP contribution in [0.2, 0.25) is 0 Å². The standard InChI is InChI=1S/C15H17F3N2O4S/c16-15(17,18)24-12-3-1-11(2-4-12)20-10-7-14(13(20)21)5-8-19(9-6-14)25(22)23/h1-4H,5-10H2,(H,22,23)/p-1. The van der Waals surface area contributed by atoms with Crippen molar-refractivity contribution in [1.29, 1.82) is 0 Å². The average Bonchev–Trinajstić information content (AvgIpc) is 2.84.